The Morgan fingerprint density at radius 1 is 1.23 bits per heavy atom. The maximum Gasteiger partial charge on any atom is 0.275 e. The van der Waals surface area contributed by atoms with Gasteiger partial charge in [0.1, 0.15) is 23.7 Å². The molecule has 1 aliphatic rings. The van der Waals surface area contributed by atoms with E-state index < -0.39 is 5.91 Å². The molecule has 0 radical (unpaired) electrons. The fraction of sp³-hybridized carbons (Fsp3) is 0.190. The van der Waals surface area contributed by atoms with Crippen molar-refractivity contribution in [3.8, 4) is 17.3 Å². The van der Waals surface area contributed by atoms with Crippen molar-refractivity contribution in [1.29, 1.82) is 0 Å². The van der Waals surface area contributed by atoms with Gasteiger partial charge in [-0.15, -0.1) is 0 Å². The van der Waals surface area contributed by atoms with Crippen molar-refractivity contribution in [3.63, 3.8) is 0 Å². The van der Waals surface area contributed by atoms with E-state index in [2.05, 4.69) is 25.4 Å². The number of amides is 1. The smallest absolute Gasteiger partial charge is 0.275 e. The average Bonchev–Trinajstić information content (AvgIpc) is 3.27. The molecule has 1 amide bonds. The lowest BCUT2D eigenvalue weighted by Gasteiger charge is -2.05. The van der Waals surface area contributed by atoms with Gasteiger partial charge in [0.2, 0.25) is 0 Å². The number of carbonyl (C=O) groups excluding carboxylic acids is 1. The highest BCUT2D eigenvalue weighted by atomic mass is 19.1. The molecule has 0 spiro atoms. The lowest BCUT2D eigenvalue weighted by molar-refractivity contribution is 0.102. The zero-order valence-corrected chi connectivity index (χ0v) is 16.0. The zero-order chi connectivity index (χ0) is 20.7. The Labute approximate surface area is 170 Å². The van der Waals surface area contributed by atoms with Gasteiger partial charge in [-0.2, -0.15) is 4.98 Å². The van der Waals surface area contributed by atoms with E-state index in [0.29, 0.717) is 28.9 Å². The molecule has 1 fully saturated rings. The van der Waals surface area contributed by atoms with Crippen LogP contribution in [0.25, 0.3) is 17.3 Å². The highest BCUT2D eigenvalue weighted by Crippen LogP contribution is 2.38. The highest BCUT2D eigenvalue weighted by molar-refractivity contribution is 6.02. The van der Waals surface area contributed by atoms with Gasteiger partial charge in [0.05, 0.1) is 0 Å². The zero-order valence-electron chi connectivity index (χ0n) is 16.0. The topological polar surface area (TPSA) is 98.7 Å². The summed E-state index contributed by atoms with van der Waals surface area (Å²) in [5.41, 5.74) is 1.89. The number of halogens is 1. The molecule has 0 saturated heterocycles. The number of rotatable bonds is 5. The number of nitrogens with one attached hydrogen (secondary N) is 1. The summed E-state index contributed by atoms with van der Waals surface area (Å²) in [6.45, 7) is 1.63. The van der Waals surface area contributed by atoms with Crippen LogP contribution in [0.1, 0.15) is 40.6 Å². The molecule has 8 nitrogen and oxygen atoms in total. The van der Waals surface area contributed by atoms with Crippen LogP contribution in [0.2, 0.25) is 0 Å². The lowest BCUT2D eigenvalue weighted by atomic mass is 10.2. The highest BCUT2D eigenvalue weighted by Gasteiger charge is 2.29. The van der Waals surface area contributed by atoms with Crippen molar-refractivity contribution in [2.45, 2.75) is 25.7 Å². The van der Waals surface area contributed by atoms with Crippen LogP contribution in [0.15, 0.2) is 53.6 Å². The Balaban J connectivity index is 1.35. The number of pyridine rings is 1. The second-order valence-electron chi connectivity index (χ2n) is 7.22. The summed E-state index contributed by atoms with van der Waals surface area (Å²) in [6, 6.07) is 7.95. The van der Waals surface area contributed by atoms with Crippen LogP contribution in [0.4, 0.5) is 10.1 Å². The summed E-state index contributed by atoms with van der Waals surface area (Å²) in [5.74, 6) is 1.41. The van der Waals surface area contributed by atoms with Gasteiger partial charge >= 0.3 is 0 Å². The molecule has 150 valence electrons. The Kier molecular flexibility index (Phi) is 4.35. The van der Waals surface area contributed by atoms with Crippen LogP contribution in [-0.2, 0) is 0 Å². The number of aryl methyl sites for hydroxylation is 1. The van der Waals surface area contributed by atoms with E-state index in [1.165, 1.54) is 18.5 Å². The van der Waals surface area contributed by atoms with Crippen molar-refractivity contribution < 1.29 is 13.7 Å². The van der Waals surface area contributed by atoms with Gasteiger partial charge < -0.3 is 9.84 Å². The van der Waals surface area contributed by atoms with Crippen LogP contribution in [0.5, 0.6) is 0 Å². The molecular formula is C21H17FN6O2. The summed E-state index contributed by atoms with van der Waals surface area (Å²) in [6.07, 6.45) is 6.89. The van der Waals surface area contributed by atoms with Crippen LogP contribution in [0.3, 0.4) is 0 Å². The largest absolute Gasteiger partial charge is 0.334 e. The van der Waals surface area contributed by atoms with Crippen molar-refractivity contribution in [2.24, 2.45) is 0 Å². The van der Waals surface area contributed by atoms with Crippen molar-refractivity contribution >= 4 is 11.6 Å². The maximum atomic E-state index is 13.4. The summed E-state index contributed by atoms with van der Waals surface area (Å²) >= 11 is 0. The van der Waals surface area contributed by atoms with E-state index in [9.17, 15) is 9.18 Å². The van der Waals surface area contributed by atoms with Crippen LogP contribution in [-0.4, -0.2) is 30.6 Å². The number of anilines is 1. The molecule has 30 heavy (non-hydrogen) atoms. The molecule has 3 heterocycles. The number of aromatic nitrogens is 5. The first-order valence-electron chi connectivity index (χ1n) is 9.49. The third-order valence-electron chi connectivity index (χ3n) is 4.87. The molecule has 5 rings (SSSR count). The van der Waals surface area contributed by atoms with Crippen LogP contribution >= 0.6 is 0 Å². The Morgan fingerprint density at radius 3 is 2.90 bits per heavy atom. The number of benzene rings is 1. The average molecular weight is 404 g/mol. The summed E-state index contributed by atoms with van der Waals surface area (Å²) in [5, 5.41) is 6.75. The van der Waals surface area contributed by atoms with Gasteiger partial charge in [-0.1, -0.05) is 5.16 Å². The second kappa shape index (κ2) is 7.18. The van der Waals surface area contributed by atoms with E-state index in [1.807, 2.05) is 0 Å². The molecule has 4 aromatic rings. The summed E-state index contributed by atoms with van der Waals surface area (Å²) in [7, 11) is 0. The number of imidazole rings is 1. The van der Waals surface area contributed by atoms with E-state index >= 15 is 0 Å². The maximum absolute atomic E-state index is 13.4. The van der Waals surface area contributed by atoms with Gasteiger partial charge in [0, 0.05) is 29.6 Å². The van der Waals surface area contributed by atoms with Gasteiger partial charge in [-0.25, -0.2) is 14.4 Å². The van der Waals surface area contributed by atoms with Gasteiger partial charge in [-0.05, 0) is 55.7 Å². The molecule has 9 heteroatoms. The second-order valence-corrected chi connectivity index (χ2v) is 7.22. The predicted octanol–water partition coefficient (Wildman–Crippen LogP) is 3.89. The minimum atomic E-state index is -0.401. The van der Waals surface area contributed by atoms with Crippen LogP contribution in [0, 0.1) is 12.7 Å². The molecule has 3 aromatic heterocycles. The Morgan fingerprint density at radius 2 is 2.10 bits per heavy atom. The van der Waals surface area contributed by atoms with E-state index in [4.69, 9.17) is 4.52 Å². The molecule has 1 aromatic carbocycles. The molecule has 0 bridgehead atoms. The van der Waals surface area contributed by atoms with Gasteiger partial charge in [0.15, 0.2) is 5.82 Å². The third kappa shape index (κ3) is 3.57. The quantitative estimate of drug-likeness (QED) is 0.542. The standard InChI is InChI=1S/C21H17FN6O2/c1-12-8-15(4-5-16(12)22)25-20(29)17-10-28(11-24-17)18-9-14(6-7-23-18)21-26-19(27-30-21)13-2-3-13/h4-11,13H,2-3H2,1H3,(H,25,29). The Hall–Kier alpha value is -3.88. The number of nitrogens with zero attached hydrogens (tertiary/aromatic N) is 5. The molecule has 0 atom stereocenters. The van der Waals surface area contributed by atoms with Crippen molar-refractivity contribution in [1.82, 2.24) is 24.7 Å². The van der Waals surface area contributed by atoms with Gasteiger partial charge in [0.25, 0.3) is 11.8 Å². The lowest BCUT2D eigenvalue weighted by Crippen LogP contribution is -2.12. The van der Waals surface area contributed by atoms with E-state index in [0.717, 1.165) is 24.2 Å². The molecule has 0 aliphatic heterocycles. The first-order valence-corrected chi connectivity index (χ1v) is 9.49. The monoisotopic (exact) mass is 404 g/mol. The van der Waals surface area contributed by atoms with Crippen molar-refractivity contribution in [2.75, 3.05) is 5.32 Å². The molecule has 1 N–H and O–H groups in total. The SMILES string of the molecule is Cc1cc(NC(=O)c2cn(-c3cc(-c4nc(C5CC5)no4)ccn3)cn2)ccc1F. The number of carbonyl (C=O) groups is 1. The fourth-order valence-electron chi connectivity index (χ4n) is 3.04. The fourth-order valence-corrected chi connectivity index (χ4v) is 3.04. The molecule has 0 unspecified atom stereocenters. The van der Waals surface area contributed by atoms with Crippen LogP contribution < -0.4 is 5.32 Å². The third-order valence-corrected chi connectivity index (χ3v) is 4.87. The van der Waals surface area contributed by atoms with Gasteiger partial charge in [-0.3, -0.25) is 9.36 Å². The predicted molar refractivity (Wildman–Crippen MR) is 106 cm³/mol. The normalized spacial score (nSPS) is 13.4. The first-order chi connectivity index (χ1) is 14.6. The Bertz CT molecular complexity index is 1240. The summed E-state index contributed by atoms with van der Waals surface area (Å²) < 4.78 is 20.4. The van der Waals surface area contributed by atoms with E-state index in [-0.39, 0.29) is 11.5 Å². The minimum Gasteiger partial charge on any atom is -0.334 e. The molecular weight excluding hydrogens is 387 g/mol. The molecule has 1 saturated carbocycles. The number of hydrogen-bond donors (Lipinski definition) is 1. The number of hydrogen-bond acceptors (Lipinski definition) is 6. The summed E-state index contributed by atoms with van der Waals surface area (Å²) in [4.78, 5) is 25.4. The minimum absolute atomic E-state index is 0.206. The first kappa shape index (κ1) is 18.2. The van der Waals surface area contributed by atoms with E-state index in [1.54, 1.807) is 42.1 Å². The molecule has 1 aliphatic carbocycles. The van der Waals surface area contributed by atoms with Crippen molar-refractivity contribution in [3.05, 3.63) is 72.0 Å².